The molecule has 2 aliphatic rings. The average molecular weight is 552 g/mol. The predicted octanol–water partition coefficient (Wildman–Crippen LogP) is 0.612. The Morgan fingerprint density at radius 2 is 2.27 bits per heavy atom. The van der Waals surface area contributed by atoms with Crippen LogP contribution < -0.4 is 11.1 Å². The van der Waals surface area contributed by atoms with Crippen LogP contribution >= 0.6 is 58.6 Å². The number of thioether (sulfide) groups is 2. The van der Waals surface area contributed by atoms with E-state index in [4.69, 9.17) is 10.6 Å². The number of nitrogen functional groups attached to an aromatic ring is 1. The molecule has 2 unspecified atom stereocenters. The summed E-state index contributed by atoms with van der Waals surface area (Å²) in [5.41, 5.74) is 6.23. The lowest BCUT2D eigenvalue weighted by Gasteiger charge is -2.53. The molecule has 2 amide bonds. The maximum absolute atomic E-state index is 12.8. The van der Waals surface area contributed by atoms with Gasteiger partial charge in [0, 0.05) is 23.4 Å². The van der Waals surface area contributed by atoms with Crippen molar-refractivity contribution in [1.82, 2.24) is 25.4 Å². The normalized spacial score (nSPS) is 24.3. The van der Waals surface area contributed by atoms with Gasteiger partial charge in [-0.05, 0) is 0 Å². The highest BCUT2D eigenvalue weighted by Gasteiger charge is 2.57. The van der Waals surface area contributed by atoms with Gasteiger partial charge in [-0.2, -0.15) is 0 Å². The van der Waals surface area contributed by atoms with Gasteiger partial charge >= 0.3 is 5.97 Å². The molecule has 2 aromatic heterocycles. The van der Waals surface area contributed by atoms with Crippen LogP contribution in [0.2, 0.25) is 0 Å². The van der Waals surface area contributed by atoms with E-state index >= 15 is 0 Å². The molecule has 178 valence electrons. The number of carbonyl (C=O) groups excluding carboxylic acids is 2. The van der Waals surface area contributed by atoms with Gasteiger partial charge in [0.05, 0.1) is 0 Å². The number of thiazole rings is 1. The van der Waals surface area contributed by atoms with Crippen LogP contribution in [0.4, 0.5) is 5.13 Å². The highest BCUT2D eigenvalue weighted by Crippen LogP contribution is 2.44. The molecule has 12 nitrogen and oxygen atoms in total. The Morgan fingerprint density at radius 1 is 1.48 bits per heavy atom. The fraction of sp³-hybridized carbons (Fsp3) is 0.438. The number of aliphatic carboxylic acids is 1. The van der Waals surface area contributed by atoms with E-state index in [2.05, 4.69) is 25.7 Å². The summed E-state index contributed by atoms with van der Waals surface area (Å²) in [4.78, 5) is 47.9. The molecule has 4 rings (SSSR count). The molecule has 2 aliphatic heterocycles. The zero-order valence-electron chi connectivity index (χ0n) is 16.9. The van der Waals surface area contributed by atoms with Gasteiger partial charge in [-0.25, -0.2) is 4.98 Å². The first-order valence-electron chi connectivity index (χ1n) is 9.02. The first kappa shape index (κ1) is 25.5. The maximum atomic E-state index is 12.8. The van der Waals surface area contributed by atoms with Gasteiger partial charge in [0.15, 0.2) is 15.2 Å². The van der Waals surface area contributed by atoms with E-state index in [1.807, 2.05) is 0 Å². The van der Waals surface area contributed by atoms with Crippen LogP contribution in [0.15, 0.2) is 20.4 Å². The number of nitrogens with two attached hydrogens (primary N) is 1. The first-order chi connectivity index (χ1) is 15.3. The number of fused-ring (bicyclic) bond motifs is 1. The summed E-state index contributed by atoms with van der Waals surface area (Å²) in [6.45, 7) is 0.0542. The number of carboxylic acid groups (broad SMARTS) is 1. The van der Waals surface area contributed by atoms with E-state index in [0.29, 0.717) is 4.34 Å². The molecule has 3 atom stereocenters. The minimum atomic E-state index is -1.12. The SMILES string of the molecule is CON=C(C(=O)NC1C(=O)N2CC(CSc3nncs3)(C(=O)O)CS[C@H]12)c1csc(N)n1.Cl. The number of β-lactam (4-membered cyclic amide) rings is 1. The van der Waals surface area contributed by atoms with E-state index in [1.165, 1.54) is 46.9 Å². The van der Waals surface area contributed by atoms with Crippen molar-refractivity contribution in [3.05, 3.63) is 16.6 Å². The molecule has 17 heteroatoms. The number of aromatic nitrogens is 3. The number of hydrogen-bond acceptors (Lipinski definition) is 13. The number of amides is 2. The Kier molecular flexibility index (Phi) is 8.04. The number of nitrogens with zero attached hydrogens (tertiary/aromatic N) is 5. The summed E-state index contributed by atoms with van der Waals surface area (Å²) in [5.74, 6) is -1.41. The molecule has 2 fully saturated rings. The average Bonchev–Trinajstić information content (AvgIpc) is 3.45. The summed E-state index contributed by atoms with van der Waals surface area (Å²) in [7, 11) is 1.29. The van der Waals surface area contributed by atoms with Crippen molar-refractivity contribution in [1.29, 1.82) is 0 Å². The van der Waals surface area contributed by atoms with Crippen molar-refractivity contribution in [3.8, 4) is 0 Å². The summed E-state index contributed by atoms with van der Waals surface area (Å²) in [5, 5.41) is 25.4. The van der Waals surface area contributed by atoms with Gasteiger partial charge in [-0.3, -0.25) is 14.4 Å². The summed E-state index contributed by atoms with van der Waals surface area (Å²) < 4.78 is 0.672. The number of hydrogen-bond donors (Lipinski definition) is 3. The third-order valence-corrected chi connectivity index (χ3v) is 9.27. The second-order valence-electron chi connectivity index (χ2n) is 6.89. The smallest absolute Gasteiger partial charge is 0.313 e. The monoisotopic (exact) mass is 551 g/mol. The Morgan fingerprint density at radius 3 is 2.88 bits per heavy atom. The molecule has 2 saturated heterocycles. The maximum Gasteiger partial charge on any atom is 0.313 e. The van der Waals surface area contributed by atoms with Crippen LogP contribution in [0, 0.1) is 5.41 Å². The minimum absolute atomic E-state index is 0. The third kappa shape index (κ3) is 5.03. The zero-order chi connectivity index (χ0) is 22.9. The van der Waals surface area contributed by atoms with Crippen molar-refractivity contribution in [2.75, 3.05) is 30.9 Å². The van der Waals surface area contributed by atoms with Crippen LogP contribution in [-0.2, 0) is 19.2 Å². The number of halogens is 1. The van der Waals surface area contributed by atoms with E-state index < -0.39 is 23.3 Å². The largest absolute Gasteiger partial charge is 0.481 e. The van der Waals surface area contributed by atoms with Crippen molar-refractivity contribution < 1.29 is 24.3 Å². The summed E-state index contributed by atoms with van der Waals surface area (Å²) in [6, 6.07) is -0.798. The molecule has 0 saturated carbocycles. The topological polar surface area (TPSA) is 173 Å². The Balaban J connectivity index is 0.00000306. The summed E-state index contributed by atoms with van der Waals surface area (Å²) in [6.07, 6.45) is 0. The van der Waals surface area contributed by atoms with Gasteiger partial charge in [0.1, 0.15) is 35.1 Å². The Labute approximate surface area is 210 Å². The third-order valence-electron chi connectivity index (χ3n) is 4.86. The minimum Gasteiger partial charge on any atom is -0.481 e. The van der Waals surface area contributed by atoms with Gasteiger partial charge in [-0.15, -0.1) is 45.7 Å². The van der Waals surface area contributed by atoms with Crippen molar-refractivity contribution >= 4 is 87.2 Å². The number of carboxylic acids is 1. The fourth-order valence-electron chi connectivity index (χ4n) is 3.23. The Bertz CT molecular complexity index is 1070. The molecule has 4 N–H and O–H groups in total. The molecule has 0 aromatic carbocycles. The molecule has 2 aromatic rings. The van der Waals surface area contributed by atoms with Crippen molar-refractivity contribution in [2.45, 2.75) is 15.8 Å². The van der Waals surface area contributed by atoms with E-state index in [-0.39, 0.29) is 58.3 Å². The number of anilines is 1. The van der Waals surface area contributed by atoms with Crippen LogP contribution in [0.5, 0.6) is 0 Å². The van der Waals surface area contributed by atoms with E-state index in [1.54, 1.807) is 10.9 Å². The second-order valence-corrected chi connectivity index (χ2v) is 10.9. The molecule has 4 heterocycles. The van der Waals surface area contributed by atoms with Crippen molar-refractivity contribution in [2.24, 2.45) is 10.6 Å². The molecule has 33 heavy (non-hydrogen) atoms. The van der Waals surface area contributed by atoms with Crippen LogP contribution in [0.1, 0.15) is 5.69 Å². The molecular weight excluding hydrogens is 534 g/mol. The molecular formula is C16H18ClN7O5S4. The molecule has 0 radical (unpaired) electrons. The molecule has 0 spiro atoms. The molecule has 0 aliphatic carbocycles. The predicted molar refractivity (Wildman–Crippen MR) is 128 cm³/mol. The van der Waals surface area contributed by atoms with Gasteiger partial charge in [0.25, 0.3) is 5.91 Å². The van der Waals surface area contributed by atoms with Crippen LogP contribution in [0.25, 0.3) is 0 Å². The van der Waals surface area contributed by atoms with E-state index in [0.717, 1.165) is 11.3 Å². The highest BCUT2D eigenvalue weighted by molar-refractivity contribution is 8.01. The number of nitrogens with one attached hydrogen (secondary N) is 1. The molecule has 0 bridgehead atoms. The van der Waals surface area contributed by atoms with E-state index in [9.17, 15) is 19.5 Å². The van der Waals surface area contributed by atoms with Gasteiger partial charge in [-0.1, -0.05) is 28.3 Å². The van der Waals surface area contributed by atoms with Crippen LogP contribution in [-0.4, -0.2) is 85.3 Å². The van der Waals surface area contributed by atoms with Gasteiger partial charge in [0.2, 0.25) is 5.91 Å². The lowest BCUT2D eigenvalue weighted by molar-refractivity contribution is -0.157. The number of rotatable bonds is 8. The quantitative estimate of drug-likeness (QED) is 0.181. The Hall–Kier alpha value is -2.14. The van der Waals surface area contributed by atoms with Crippen LogP contribution in [0.3, 0.4) is 0 Å². The van der Waals surface area contributed by atoms with Gasteiger partial charge < -0.3 is 25.9 Å². The fourth-order valence-corrected chi connectivity index (χ4v) is 7.13. The highest BCUT2D eigenvalue weighted by atomic mass is 35.5. The summed E-state index contributed by atoms with van der Waals surface area (Å²) >= 11 is 5.11. The second kappa shape index (κ2) is 10.4. The number of oxime groups is 1. The first-order valence-corrected chi connectivity index (χ1v) is 12.8. The zero-order valence-corrected chi connectivity index (χ0v) is 20.9. The number of carbonyl (C=O) groups is 3. The standard InChI is InChI=1S/C16H17N7O5S4.ClH/c1-28-22-8(7-2-29-14(17)19-7)10(24)20-9-11(25)23-3-16(13(26)27,4-30-12(9)23)5-31-15-21-18-6-32-15;/h2,6,9,12H,3-5H2,1H3,(H2,17,19)(H,20,24)(H,26,27);1H/t9?,12-,16?;/m1./s1. The lowest BCUT2D eigenvalue weighted by Crippen LogP contribution is -2.74. The lowest BCUT2D eigenvalue weighted by atomic mass is 9.89. The van der Waals surface area contributed by atoms with Crippen molar-refractivity contribution in [3.63, 3.8) is 0 Å².